The summed E-state index contributed by atoms with van der Waals surface area (Å²) in [5, 5.41) is 3.51. The van der Waals surface area contributed by atoms with Gasteiger partial charge in [-0.2, -0.15) is 0 Å². The molecule has 3 fully saturated rings. The summed E-state index contributed by atoms with van der Waals surface area (Å²) in [5.74, 6) is 1.94. The molecule has 3 nitrogen and oxygen atoms in total. The average molecular weight is 266 g/mol. The molecule has 2 aliphatic carbocycles. The normalized spacial score (nSPS) is 30.8. The largest absolute Gasteiger partial charge is 0.383 e. The summed E-state index contributed by atoms with van der Waals surface area (Å²) in [7, 11) is 1.82. The zero-order valence-electron chi connectivity index (χ0n) is 12.7. The Balaban J connectivity index is 1.52. The van der Waals surface area contributed by atoms with Crippen LogP contribution in [0.5, 0.6) is 0 Å². The van der Waals surface area contributed by atoms with Gasteiger partial charge in [0.15, 0.2) is 0 Å². The molecule has 3 heteroatoms. The lowest BCUT2D eigenvalue weighted by molar-refractivity contribution is 0.107. The van der Waals surface area contributed by atoms with Crippen molar-refractivity contribution in [3.63, 3.8) is 0 Å². The molecule has 0 bridgehead atoms. The topological polar surface area (TPSA) is 24.5 Å². The van der Waals surface area contributed by atoms with Crippen molar-refractivity contribution in [2.45, 2.75) is 45.1 Å². The molecule has 0 radical (unpaired) electrons. The van der Waals surface area contributed by atoms with Crippen LogP contribution in [0.4, 0.5) is 0 Å². The summed E-state index contributed by atoms with van der Waals surface area (Å²) in [6.07, 6.45) is 7.20. The molecule has 2 saturated carbocycles. The van der Waals surface area contributed by atoms with E-state index in [0.29, 0.717) is 0 Å². The third-order valence-electron chi connectivity index (χ3n) is 5.88. The Labute approximate surface area is 118 Å². The van der Waals surface area contributed by atoms with Crippen molar-refractivity contribution in [1.82, 2.24) is 10.2 Å². The molecule has 19 heavy (non-hydrogen) atoms. The molecule has 0 aromatic carbocycles. The number of ether oxygens (including phenoxy) is 1. The lowest BCUT2D eigenvalue weighted by atomic mass is 9.91. The first-order valence-corrected chi connectivity index (χ1v) is 8.19. The molecule has 1 N–H and O–H groups in total. The van der Waals surface area contributed by atoms with Gasteiger partial charge in [-0.3, -0.25) is 4.90 Å². The van der Waals surface area contributed by atoms with E-state index in [1.165, 1.54) is 51.7 Å². The fraction of sp³-hybridized carbons (Fsp3) is 1.00. The van der Waals surface area contributed by atoms with E-state index in [1.54, 1.807) is 0 Å². The van der Waals surface area contributed by atoms with Gasteiger partial charge in [0, 0.05) is 26.2 Å². The summed E-state index contributed by atoms with van der Waals surface area (Å²) >= 11 is 0. The second-order valence-electron chi connectivity index (χ2n) is 7.08. The highest BCUT2D eigenvalue weighted by atomic mass is 16.5. The SMILES string of the molecule is COCCN(CC1CC12CCNCC2)C(C)C1CC1. The van der Waals surface area contributed by atoms with Gasteiger partial charge in [-0.05, 0) is 69.4 Å². The summed E-state index contributed by atoms with van der Waals surface area (Å²) in [4.78, 5) is 2.72. The summed E-state index contributed by atoms with van der Waals surface area (Å²) < 4.78 is 5.31. The van der Waals surface area contributed by atoms with Crippen LogP contribution in [-0.2, 0) is 4.74 Å². The van der Waals surface area contributed by atoms with E-state index >= 15 is 0 Å². The Bertz CT molecular complexity index is 297. The second-order valence-corrected chi connectivity index (χ2v) is 7.08. The molecule has 2 atom stereocenters. The predicted molar refractivity (Wildman–Crippen MR) is 78.3 cm³/mol. The number of hydrogen-bond acceptors (Lipinski definition) is 3. The minimum Gasteiger partial charge on any atom is -0.383 e. The molecular weight excluding hydrogens is 236 g/mol. The molecule has 1 saturated heterocycles. The Morgan fingerprint density at radius 1 is 1.32 bits per heavy atom. The Hall–Kier alpha value is -0.120. The van der Waals surface area contributed by atoms with Gasteiger partial charge in [-0.15, -0.1) is 0 Å². The quantitative estimate of drug-likeness (QED) is 0.764. The van der Waals surface area contributed by atoms with E-state index in [-0.39, 0.29) is 0 Å². The lowest BCUT2D eigenvalue weighted by Crippen LogP contribution is -2.40. The van der Waals surface area contributed by atoms with Gasteiger partial charge >= 0.3 is 0 Å². The zero-order valence-corrected chi connectivity index (χ0v) is 12.7. The second kappa shape index (κ2) is 5.71. The number of nitrogens with zero attached hydrogens (tertiary/aromatic N) is 1. The Morgan fingerprint density at radius 2 is 2.05 bits per heavy atom. The Kier molecular flexibility index (Phi) is 4.16. The van der Waals surface area contributed by atoms with Crippen LogP contribution >= 0.6 is 0 Å². The molecule has 3 aliphatic rings. The standard InChI is InChI=1S/C16H30N2O/c1-13(14-3-4-14)18(9-10-19-2)12-15-11-16(15)5-7-17-8-6-16/h13-15,17H,3-12H2,1-2H3. The number of rotatable bonds is 7. The third-order valence-corrected chi connectivity index (χ3v) is 5.88. The molecule has 110 valence electrons. The highest BCUT2D eigenvalue weighted by Crippen LogP contribution is 2.59. The van der Waals surface area contributed by atoms with Crippen LogP contribution in [-0.4, -0.2) is 50.8 Å². The maximum Gasteiger partial charge on any atom is 0.0589 e. The van der Waals surface area contributed by atoms with E-state index in [1.807, 2.05) is 7.11 Å². The van der Waals surface area contributed by atoms with Gasteiger partial charge in [0.25, 0.3) is 0 Å². The smallest absolute Gasteiger partial charge is 0.0589 e. The average Bonchev–Trinajstić information content (AvgIpc) is 3.33. The maximum absolute atomic E-state index is 5.31. The van der Waals surface area contributed by atoms with Crippen molar-refractivity contribution in [3.05, 3.63) is 0 Å². The van der Waals surface area contributed by atoms with Crippen LogP contribution in [0.25, 0.3) is 0 Å². The number of hydrogen-bond donors (Lipinski definition) is 1. The van der Waals surface area contributed by atoms with Crippen LogP contribution < -0.4 is 5.32 Å². The van der Waals surface area contributed by atoms with Crippen LogP contribution in [0.15, 0.2) is 0 Å². The third kappa shape index (κ3) is 3.14. The van der Waals surface area contributed by atoms with Gasteiger partial charge in [0.2, 0.25) is 0 Å². The van der Waals surface area contributed by atoms with E-state index < -0.39 is 0 Å². The van der Waals surface area contributed by atoms with Crippen molar-refractivity contribution in [2.24, 2.45) is 17.3 Å². The Morgan fingerprint density at radius 3 is 2.68 bits per heavy atom. The molecule has 3 rings (SSSR count). The molecule has 0 aromatic rings. The predicted octanol–water partition coefficient (Wildman–Crippen LogP) is 2.12. The van der Waals surface area contributed by atoms with E-state index in [0.717, 1.165) is 36.4 Å². The van der Waals surface area contributed by atoms with Crippen molar-refractivity contribution in [3.8, 4) is 0 Å². The van der Waals surface area contributed by atoms with Crippen LogP contribution in [0, 0.1) is 17.3 Å². The zero-order chi connectivity index (χ0) is 13.3. The monoisotopic (exact) mass is 266 g/mol. The van der Waals surface area contributed by atoms with E-state index in [2.05, 4.69) is 17.1 Å². The van der Waals surface area contributed by atoms with Crippen molar-refractivity contribution >= 4 is 0 Å². The van der Waals surface area contributed by atoms with Crippen molar-refractivity contribution in [1.29, 1.82) is 0 Å². The summed E-state index contributed by atoms with van der Waals surface area (Å²) in [6, 6.07) is 0.773. The van der Waals surface area contributed by atoms with Crippen LogP contribution in [0.3, 0.4) is 0 Å². The fourth-order valence-electron chi connectivity index (χ4n) is 4.06. The minimum absolute atomic E-state index is 0.722. The number of nitrogens with one attached hydrogen (secondary N) is 1. The minimum atomic E-state index is 0.722. The van der Waals surface area contributed by atoms with Crippen molar-refractivity contribution in [2.75, 3.05) is 39.9 Å². The van der Waals surface area contributed by atoms with Crippen LogP contribution in [0.1, 0.15) is 39.0 Å². The highest BCUT2D eigenvalue weighted by Gasteiger charge is 2.54. The molecule has 0 aromatic heterocycles. The van der Waals surface area contributed by atoms with Crippen LogP contribution in [0.2, 0.25) is 0 Å². The van der Waals surface area contributed by atoms with Gasteiger partial charge in [-0.25, -0.2) is 0 Å². The number of piperidine rings is 1. The first kappa shape index (κ1) is 13.8. The molecule has 1 heterocycles. The molecule has 0 amide bonds. The fourth-order valence-corrected chi connectivity index (χ4v) is 4.06. The maximum atomic E-state index is 5.31. The number of methoxy groups -OCH3 is 1. The van der Waals surface area contributed by atoms with Gasteiger partial charge in [-0.1, -0.05) is 0 Å². The summed E-state index contributed by atoms with van der Waals surface area (Å²) in [5.41, 5.74) is 0.722. The van der Waals surface area contributed by atoms with Gasteiger partial charge in [0.05, 0.1) is 6.61 Å². The lowest BCUT2D eigenvalue weighted by Gasteiger charge is -2.31. The molecule has 1 aliphatic heterocycles. The summed E-state index contributed by atoms with van der Waals surface area (Å²) in [6.45, 7) is 8.25. The first-order valence-electron chi connectivity index (χ1n) is 8.19. The van der Waals surface area contributed by atoms with Gasteiger partial charge in [0.1, 0.15) is 0 Å². The highest BCUT2D eigenvalue weighted by molar-refractivity contribution is 5.06. The van der Waals surface area contributed by atoms with E-state index in [4.69, 9.17) is 4.74 Å². The first-order chi connectivity index (χ1) is 9.25. The van der Waals surface area contributed by atoms with Crippen molar-refractivity contribution < 1.29 is 4.74 Å². The van der Waals surface area contributed by atoms with Gasteiger partial charge < -0.3 is 10.1 Å². The van der Waals surface area contributed by atoms with E-state index in [9.17, 15) is 0 Å². The molecular formula is C16H30N2O. The molecule has 2 unspecified atom stereocenters. The molecule has 1 spiro atoms.